The molecule has 0 amide bonds. The fourth-order valence-corrected chi connectivity index (χ4v) is 1.74. The SMILES string of the molecule is C/C=C(\C)S(=O)(=O)NCC(C)(C)C. The maximum absolute atomic E-state index is 11.4. The normalized spacial score (nSPS) is 14.7. The molecule has 0 aliphatic rings. The Morgan fingerprint density at radius 3 is 2.15 bits per heavy atom. The van der Waals surface area contributed by atoms with Gasteiger partial charge in [0.15, 0.2) is 0 Å². The van der Waals surface area contributed by atoms with Crippen molar-refractivity contribution in [1.29, 1.82) is 0 Å². The number of hydrogen-bond acceptors (Lipinski definition) is 2. The highest BCUT2D eigenvalue weighted by molar-refractivity contribution is 7.93. The lowest BCUT2D eigenvalue weighted by molar-refractivity contribution is 0.408. The molecule has 0 aliphatic heterocycles. The standard InChI is InChI=1S/C9H19NO2S/c1-6-8(2)13(11,12)10-7-9(3,4)5/h6,10H,7H2,1-5H3/b8-6+. The minimum atomic E-state index is -3.23. The van der Waals surface area contributed by atoms with Gasteiger partial charge in [-0.15, -0.1) is 0 Å². The van der Waals surface area contributed by atoms with Gasteiger partial charge in [-0.1, -0.05) is 26.8 Å². The molecule has 78 valence electrons. The molecular formula is C9H19NO2S. The molecule has 0 saturated heterocycles. The first-order valence-corrected chi connectivity index (χ1v) is 5.80. The monoisotopic (exact) mass is 205 g/mol. The Morgan fingerprint density at radius 1 is 1.38 bits per heavy atom. The van der Waals surface area contributed by atoms with E-state index in [1.165, 1.54) is 0 Å². The van der Waals surface area contributed by atoms with Crippen LogP contribution in [0.25, 0.3) is 0 Å². The zero-order valence-electron chi connectivity index (χ0n) is 9.01. The third-order valence-corrected chi connectivity index (χ3v) is 3.23. The molecule has 0 spiro atoms. The van der Waals surface area contributed by atoms with Crippen LogP contribution in [0.15, 0.2) is 11.0 Å². The lowest BCUT2D eigenvalue weighted by Gasteiger charge is -2.18. The molecule has 0 fully saturated rings. The zero-order valence-corrected chi connectivity index (χ0v) is 9.83. The Morgan fingerprint density at radius 2 is 1.85 bits per heavy atom. The molecule has 0 aliphatic carbocycles. The molecule has 0 atom stereocenters. The second kappa shape index (κ2) is 4.24. The Kier molecular flexibility index (Phi) is 4.13. The largest absolute Gasteiger partial charge is 0.236 e. The van der Waals surface area contributed by atoms with Crippen molar-refractivity contribution in [1.82, 2.24) is 4.72 Å². The Labute approximate surface area is 81.3 Å². The molecule has 0 bridgehead atoms. The number of sulfonamides is 1. The average Bonchev–Trinajstić information content (AvgIpc) is 1.98. The van der Waals surface area contributed by atoms with E-state index < -0.39 is 10.0 Å². The summed E-state index contributed by atoms with van der Waals surface area (Å²) >= 11 is 0. The third-order valence-electron chi connectivity index (χ3n) is 1.62. The van der Waals surface area contributed by atoms with E-state index >= 15 is 0 Å². The molecule has 0 unspecified atom stereocenters. The van der Waals surface area contributed by atoms with Gasteiger partial charge in [-0.05, 0) is 19.3 Å². The fourth-order valence-electron chi connectivity index (χ4n) is 0.581. The van der Waals surface area contributed by atoms with Crippen molar-refractivity contribution in [3.05, 3.63) is 11.0 Å². The fraction of sp³-hybridized carbons (Fsp3) is 0.778. The molecule has 1 N–H and O–H groups in total. The Balaban J connectivity index is 4.39. The first-order valence-electron chi connectivity index (χ1n) is 4.31. The van der Waals surface area contributed by atoms with Gasteiger partial charge in [0.1, 0.15) is 0 Å². The molecular weight excluding hydrogens is 186 g/mol. The van der Waals surface area contributed by atoms with Gasteiger partial charge < -0.3 is 0 Å². The number of rotatable bonds is 3. The van der Waals surface area contributed by atoms with E-state index in [2.05, 4.69) is 4.72 Å². The molecule has 0 aromatic rings. The lowest BCUT2D eigenvalue weighted by atomic mass is 9.98. The van der Waals surface area contributed by atoms with E-state index in [-0.39, 0.29) is 5.41 Å². The van der Waals surface area contributed by atoms with Gasteiger partial charge in [-0.3, -0.25) is 0 Å². The van der Waals surface area contributed by atoms with Crippen molar-refractivity contribution < 1.29 is 8.42 Å². The highest BCUT2D eigenvalue weighted by atomic mass is 32.2. The summed E-state index contributed by atoms with van der Waals surface area (Å²) in [6.07, 6.45) is 1.59. The van der Waals surface area contributed by atoms with Gasteiger partial charge in [-0.2, -0.15) is 0 Å². The van der Waals surface area contributed by atoms with E-state index in [0.29, 0.717) is 11.4 Å². The van der Waals surface area contributed by atoms with Gasteiger partial charge in [0.25, 0.3) is 0 Å². The van der Waals surface area contributed by atoms with Crippen molar-refractivity contribution in [3.8, 4) is 0 Å². The van der Waals surface area contributed by atoms with Crippen LogP contribution in [0.3, 0.4) is 0 Å². The first kappa shape index (κ1) is 12.7. The van der Waals surface area contributed by atoms with Crippen LogP contribution in [0.1, 0.15) is 34.6 Å². The smallest absolute Gasteiger partial charge is 0.211 e. The van der Waals surface area contributed by atoms with Crippen LogP contribution in [0.4, 0.5) is 0 Å². The molecule has 0 heterocycles. The molecule has 0 rings (SSSR count). The molecule has 3 nitrogen and oxygen atoms in total. The number of hydrogen-bond donors (Lipinski definition) is 1. The first-order chi connectivity index (χ1) is 5.69. The van der Waals surface area contributed by atoms with Crippen LogP contribution >= 0.6 is 0 Å². The van der Waals surface area contributed by atoms with E-state index in [4.69, 9.17) is 0 Å². The van der Waals surface area contributed by atoms with Gasteiger partial charge in [0, 0.05) is 6.54 Å². The highest BCUT2D eigenvalue weighted by Gasteiger charge is 2.17. The molecule has 0 aromatic carbocycles. The lowest BCUT2D eigenvalue weighted by Crippen LogP contribution is -2.32. The van der Waals surface area contributed by atoms with E-state index in [9.17, 15) is 8.42 Å². The summed E-state index contributed by atoms with van der Waals surface area (Å²) in [6.45, 7) is 9.72. The van der Waals surface area contributed by atoms with Crippen LogP contribution < -0.4 is 4.72 Å². The second-order valence-corrected chi connectivity index (χ2v) is 6.22. The van der Waals surface area contributed by atoms with Gasteiger partial charge in [-0.25, -0.2) is 13.1 Å². The van der Waals surface area contributed by atoms with E-state index in [0.717, 1.165) is 0 Å². The topological polar surface area (TPSA) is 46.2 Å². The summed E-state index contributed by atoms with van der Waals surface area (Å²) in [4.78, 5) is 0.372. The Hall–Kier alpha value is -0.350. The predicted octanol–water partition coefficient (Wildman–Crippen LogP) is 1.88. The van der Waals surface area contributed by atoms with Crippen molar-refractivity contribution in [3.63, 3.8) is 0 Å². The van der Waals surface area contributed by atoms with Gasteiger partial charge >= 0.3 is 0 Å². The quantitative estimate of drug-likeness (QED) is 0.764. The van der Waals surface area contributed by atoms with Crippen molar-refractivity contribution in [2.75, 3.05) is 6.54 Å². The predicted molar refractivity (Wildman–Crippen MR) is 55.8 cm³/mol. The molecule has 13 heavy (non-hydrogen) atoms. The highest BCUT2D eigenvalue weighted by Crippen LogP contribution is 2.12. The third kappa shape index (κ3) is 5.05. The summed E-state index contributed by atoms with van der Waals surface area (Å²) in [5.41, 5.74) is -0.0267. The van der Waals surface area contributed by atoms with Gasteiger partial charge in [0.2, 0.25) is 10.0 Å². The number of allylic oxidation sites excluding steroid dienone is 2. The Bertz CT molecular complexity index is 283. The van der Waals surface area contributed by atoms with Crippen molar-refractivity contribution in [2.45, 2.75) is 34.6 Å². The minimum Gasteiger partial charge on any atom is -0.211 e. The molecule has 4 heteroatoms. The van der Waals surface area contributed by atoms with Crippen molar-refractivity contribution >= 4 is 10.0 Å². The summed E-state index contributed by atoms with van der Waals surface area (Å²) in [6, 6.07) is 0. The molecule has 0 radical (unpaired) electrons. The van der Waals surface area contributed by atoms with Crippen LogP contribution in [-0.2, 0) is 10.0 Å². The second-order valence-electron chi connectivity index (χ2n) is 4.28. The van der Waals surface area contributed by atoms with Crippen LogP contribution in [-0.4, -0.2) is 15.0 Å². The maximum Gasteiger partial charge on any atom is 0.236 e. The maximum atomic E-state index is 11.4. The summed E-state index contributed by atoms with van der Waals surface area (Å²) < 4.78 is 25.4. The summed E-state index contributed by atoms with van der Waals surface area (Å²) in [5, 5.41) is 0. The van der Waals surface area contributed by atoms with Crippen LogP contribution in [0.5, 0.6) is 0 Å². The van der Waals surface area contributed by atoms with Gasteiger partial charge in [0.05, 0.1) is 4.91 Å². The van der Waals surface area contributed by atoms with Crippen LogP contribution in [0.2, 0.25) is 0 Å². The molecule has 0 saturated carbocycles. The zero-order chi connectivity index (χ0) is 10.7. The van der Waals surface area contributed by atoms with E-state index in [1.54, 1.807) is 19.9 Å². The summed E-state index contributed by atoms with van der Waals surface area (Å²) in [7, 11) is -3.23. The van der Waals surface area contributed by atoms with E-state index in [1.807, 2.05) is 20.8 Å². The minimum absolute atomic E-state index is 0.0267. The molecule has 0 aromatic heterocycles. The summed E-state index contributed by atoms with van der Waals surface area (Å²) in [5.74, 6) is 0. The number of nitrogens with one attached hydrogen (secondary N) is 1. The average molecular weight is 205 g/mol. The van der Waals surface area contributed by atoms with Crippen molar-refractivity contribution in [2.24, 2.45) is 5.41 Å². The van der Waals surface area contributed by atoms with Crippen LogP contribution in [0, 0.1) is 5.41 Å².